The van der Waals surface area contributed by atoms with E-state index in [1.165, 1.54) is 23.5 Å². The number of carbonyl (C=O) groups is 2. The van der Waals surface area contributed by atoms with E-state index in [1.54, 1.807) is 11.4 Å². The lowest BCUT2D eigenvalue weighted by Gasteiger charge is -2.05. The van der Waals surface area contributed by atoms with E-state index in [9.17, 15) is 14.0 Å². The maximum absolute atomic E-state index is 13.6. The number of benzene rings is 1. The molecule has 1 aromatic heterocycles. The average Bonchev–Trinajstić information content (AvgIpc) is 2.78. The van der Waals surface area contributed by atoms with Crippen LogP contribution in [0.3, 0.4) is 0 Å². The molecule has 1 heterocycles. The van der Waals surface area contributed by atoms with Gasteiger partial charge in [0, 0.05) is 5.38 Å². The van der Waals surface area contributed by atoms with Crippen LogP contribution >= 0.6 is 33.9 Å². The van der Waals surface area contributed by atoms with Gasteiger partial charge in [-0.3, -0.25) is 4.79 Å². The van der Waals surface area contributed by atoms with Crippen molar-refractivity contribution in [1.82, 2.24) is 0 Å². The quantitative estimate of drug-likeness (QED) is 0.788. The standard InChI is InChI=1S/C12H7FINO3S/c13-8-3-6(12(17)18)1-2-9(8)15-11(16)7-4-10(14)19-5-7/h1-5H,(H,15,16)(H,17,18). The van der Waals surface area contributed by atoms with Crippen LogP contribution in [-0.4, -0.2) is 17.0 Å². The Morgan fingerprint density at radius 2 is 2.00 bits per heavy atom. The number of aromatic carboxylic acids is 1. The van der Waals surface area contributed by atoms with Gasteiger partial charge in [-0.1, -0.05) is 0 Å². The third-order valence-corrected chi connectivity index (χ3v) is 4.08. The molecule has 0 bridgehead atoms. The molecular weight excluding hydrogens is 384 g/mol. The molecule has 1 aromatic carbocycles. The summed E-state index contributed by atoms with van der Waals surface area (Å²) >= 11 is 3.49. The molecule has 0 atom stereocenters. The highest BCUT2D eigenvalue weighted by Crippen LogP contribution is 2.20. The monoisotopic (exact) mass is 391 g/mol. The molecule has 2 rings (SSSR count). The molecule has 0 saturated heterocycles. The number of halogens is 2. The zero-order valence-corrected chi connectivity index (χ0v) is 12.3. The lowest BCUT2D eigenvalue weighted by molar-refractivity contribution is 0.0696. The second-order valence-electron chi connectivity index (χ2n) is 3.59. The van der Waals surface area contributed by atoms with E-state index in [-0.39, 0.29) is 11.3 Å². The maximum Gasteiger partial charge on any atom is 0.335 e. The summed E-state index contributed by atoms with van der Waals surface area (Å²) in [7, 11) is 0. The van der Waals surface area contributed by atoms with Crippen LogP contribution in [-0.2, 0) is 0 Å². The van der Waals surface area contributed by atoms with Gasteiger partial charge in [0.15, 0.2) is 0 Å². The van der Waals surface area contributed by atoms with Crippen LogP contribution in [0.5, 0.6) is 0 Å². The molecular formula is C12H7FINO3S. The predicted molar refractivity (Wildman–Crippen MR) is 78.3 cm³/mol. The lowest BCUT2D eigenvalue weighted by Crippen LogP contribution is -2.12. The van der Waals surface area contributed by atoms with Gasteiger partial charge in [0.25, 0.3) is 5.91 Å². The van der Waals surface area contributed by atoms with Crippen LogP contribution in [0.2, 0.25) is 0 Å². The van der Waals surface area contributed by atoms with Crippen LogP contribution in [0, 0.1) is 8.70 Å². The first-order chi connectivity index (χ1) is 8.97. The molecule has 4 nitrogen and oxygen atoms in total. The summed E-state index contributed by atoms with van der Waals surface area (Å²) in [6.07, 6.45) is 0. The van der Waals surface area contributed by atoms with Crippen molar-refractivity contribution < 1.29 is 19.1 Å². The number of anilines is 1. The van der Waals surface area contributed by atoms with Crippen molar-refractivity contribution in [3.05, 3.63) is 49.5 Å². The number of hydrogen-bond acceptors (Lipinski definition) is 3. The Balaban J connectivity index is 2.20. The minimum atomic E-state index is -1.22. The van der Waals surface area contributed by atoms with Gasteiger partial charge in [-0.2, -0.15) is 0 Å². The number of hydrogen-bond donors (Lipinski definition) is 2. The van der Waals surface area contributed by atoms with E-state index in [1.807, 2.05) is 0 Å². The van der Waals surface area contributed by atoms with Gasteiger partial charge in [0.2, 0.25) is 0 Å². The van der Waals surface area contributed by atoms with Gasteiger partial charge in [0.05, 0.1) is 19.7 Å². The van der Waals surface area contributed by atoms with Gasteiger partial charge in [-0.05, 0) is 46.9 Å². The molecule has 0 spiro atoms. The third kappa shape index (κ3) is 3.29. The van der Waals surface area contributed by atoms with Gasteiger partial charge in [-0.15, -0.1) is 11.3 Å². The SMILES string of the molecule is O=C(O)c1ccc(NC(=O)c2csc(I)c2)c(F)c1. The van der Waals surface area contributed by atoms with E-state index >= 15 is 0 Å². The lowest BCUT2D eigenvalue weighted by atomic mass is 10.2. The summed E-state index contributed by atoms with van der Waals surface area (Å²) in [5, 5.41) is 12.8. The van der Waals surface area contributed by atoms with Crippen LogP contribution in [0.4, 0.5) is 10.1 Å². The largest absolute Gasteiger partial charge is 0.478 e. The fourth-order valence-corrected chi connectivity index (χ4v) is 2.70. The van der Waals surface area contributed by atoms with Gasteiger partial charge in [0.1, 0.15) is 5.82 Å². The Hall–Kier alpha value is -1.48. The van der Waals surface area contributed by atoms with Crippen LogP contribution in [0.1, 0.15) is 20.7 Å². The third-order valence-electron chi connectivity index (χ3n) is 2.29. The number of carboxylic acids is 1. The highest BCUT2D eigenvalue weighted by molar-refractivity contribution is 14.1. The number of nitrogens with one attached hydrogen (secondary N) is 1. The second kappa shape index (κ2) is 5.66. The highest BCUT2D eigenvalue weighted by Gasteiger charge is 2.13. The molecule has 0 unspecified atom stereocenters. The maximum atomic E-state index is 13.6. The summed E-state index contributed by atoms with van der Waals surface area (Å²) in [5.41, 5.74) is 0.230. The Kier molecular flexibility index (Phi) is 4.15. The van der Waals surface area contributed by atoms with Gasteiger partial charge in [-0.25, -0.2) is 9.18 Å². The Bertz CT molecular complexity index is 656. The number of carboxylic acid groups (broad SMARTS) is 1. The number of thiophene rings is 1. The van der Waals surface area contributed by atoms with Crippen molar-refractivity contribution in [2.45, 2.75) is 0 Å². The first kappa shape index (κ1) is 13.9. The second-order valence-corrected chi connectivity index (χ2v) is 6.40. The first-order valence-corrected chi connectivity index (χ1v) is 7.01. The van der Waals surface area contributed by atoms with E-state index < -0.39 is 17.7 Å². The zero-order chi connectivity index (χ0) is 14.0. The molecule has 0 aliphatic carbocycles. The average molecular weight is 391 g/mol. The minimum Gasteiger partial charge on any atom is -0.478 e. The Morgan fingerprint density at radius 1 is 1.26 bits per heavy atom. The molecule has 98 valence electrons. The first-order valence-electron chi connectivity index (χ1n) is 5.05. The molecule has 0 aliphatic rings. The van der Waals surface area contributed by atoms with Gasteiger partial charge < -0.3 is 10.4 Å². The number of rotatable bonds is 3. The smallest absolute Gasteiger partial charge is 0.335 e. The van der Waals surface area contributed by atoms with Crippen molar-refractivity contribution in [1.29, 1.82) is 0 Å². The minimum absolute atomic E-state index is 0.0452. The van der Waals surface area contributed by atoms with Crippen molar-refractivity contribution in [3.8, 4) is 0 Å². The van der Waals surface area contributed by atoms with E-state index in [0.29, 0.717) is 5.56 Å². The molecule has 0 aliphatic heterocycles. The molecule has 19 heavy (non-hydrogen) atoms. The van der Waals surface area contributed by atoms with E-state index in [2.05, 4.69) is 27.9 Å². The Labute approximate surface area is 125 Å². The number of amides is 1. The Morgan fingerprint density at radius 3 is 2.53 bits per heavy atom. The van der Waals surface area contributed by atoms with Crippen molar-refractivity contribution >= 4 is 51.5 Å². The molecule has 0 fully saturated rings. The van der Waals surface area contributed by atoms with Crippen molar-refractivity contribution in [2.75, 3.05) is 5.32 Å². The normalized spacial score (nSPS) is 10.2. The summed E-state index contributed by atoms with van der Waals surface area (Å²) < 4.78 is 14.6. The molecule has 1 amide bonds. The van der Waals surface area contributed by atoms with Crippen molar-refractivity contribution in [3.63, 3.8) is 0 Å². The molecule has 7 heteroatoms. The van der Waals surface area contributed by atoms with E-state index in [4.69, 9.17) is 5.11 Å². The van der Waals surface area contributed by atoms with Crippen LogP contribution < -0.4 is 5.32 Å². The summed E-state index contributed by atoms with van der Waals surface area (Å²) in [5.74, 6) is -2.43. The topological polar surface area (TPSA) is 66.4 Å². The highest BCUT2D eigenvalue weighted by atomic mass is 127. The molecule has 2 aromatic rings. The zero-order valence-electron chi connectivity index (χ0n) is 9.31. The van der Waals surface area contributed by atoms with Gasteiger partial charge >= 0.3 is 5.97 Å². The predicted octanol–water partition coefficient (Wildman–Crippen LogP) is 3.44. The summed E-state index contributed by atoms with van der Waals surface area (Å²) in [6, 6.07) is 5.02. The summed E-state index contributed by atoms with van der Waals surface area (Å²) in [6.45, 7) is 0. The molecule has 0 saturated carbocycles. The van der Waals surface area contributed by atoms with E-state index in [0.717, 1.165) is 8.95 Å². The van der Waals surface area contributed by atoms with Crippen LogP contribution in [0.15, 0.2) is 29.6 Å². The van der Waals surface area contributed by atoms with Crippen molar-refractivity contribution in [2.24, 2.45) is 0 Å². The summed E-state index contributed by atoms with van der Waals surface area (Å²) in [4.78, 5) is 22.5. The molecule has 2 N–H and O–H groups in total. The molecule has 0 radical (unpaired) electrons. The van der Waals surface area contributed by atoms with Crippen LogP contribution in [0.25, 0.3) is 0 Å². The number of carbonyl (C=O) groups excluding carboxylic acids is 1. The fourth-order valence-electron chi connectivity index (χ4n) is 1.37. The fraction of sp³-hybridized carbons (Fsp3) is 0.